The lowest BCUT2D eigenvalue weighted by Crippen LogP contribution is -2.42. The van der Waals surface area contributed by atoms with Crippen molar-refractivity contribution in [1.82, 2.24) is 10.6 Å². The molecule has 0 amide bonds. The monoisotopic (exact) mass is 234 g/mol. The molecule has 0 spiro atoms. The van der Waals surface area contributed by atoms with Gasteiger partial charge in [0.1, 0.15) is 0 Å². The van der Waals surface area contributed by atoms with Gasteiger partial charge in [0.2, 0.25) is 0 Å². The lowest BCUT2D eigenvalue weighted by Gasteiger charge is -2.24. The topological polar surface area (TPSA) is 24.1 Å². The molecule has 1 fully saturated rings. The smallest absolute Gasteiger partial charge is 0.0447 e. The van der Waals surface area contributed by atoms with E-state index in [-0.39, 0.29) is 24.8 Å². The van der Waals surface area contributed by atoms with Gasteiger partial charge in [0.25, 0.3) is 0 Å². The summed E-state index contributed by atoms with van der Waals surface area (Å²) < 4.78 is 0. The van der Waals surface area contributed by atoms with Crippen molar-refractivity contribution in [2.45, 2.75) is 6.04 Å². The molecule has 0 radical (unpaired) electrons. The van der Waals surface area contributed by atoms with E-state index < -0.39 is 0 Å². The van der Waals surface area contributed by atoms with E-state index in [0.29, 0.717) is 6.04 Å². The summed E-state index contributed by atoms with van der Waals surface area (Å²) in [5.41, 5.74) is 1.38. The van der Waals surface area contributed by atoms with Gasteiger partial charge >= 0.3 is 0 Å². The third kappa shape index (κ3) is 3.46. The maximum Gasteiger partial charge on any atom is 0.0447 e. The van der Waals surface area contributed by atoms with Crippen molar-refractivity contribution < 1.29 is 0 Å². The van der Waals surface area contributed by atoms with Crippen LogP contribution in [0.25, 0.3) is 0 Å². The second-order valence-corrected chi connectivity index (χ2v) is 3.12. The first-order valence-electron chi connectivity index (χ1n) is 4.46. The zero-order valence-electron chi connectivity index (χ0n) is 7.90. The Morgan fingerprint density at radius 1 is 1.00 bits per heavy atom. The van der Waals surface area contributed by atoms with Gasteiger partial charge in [-0.25, -0.2) is 0 Å². The molecule has 1 aliphatic heterocycles. The summed E-state index contributed by atoms with van der Waals surface area (Å²) in [7, 11) is 0. The van der Waals surface area contributed by atoms with E-state index in [1.165, 1.54) is 5.56 Å². The van der Waals surface area contributed by atoms with Crippen LogP contribution in [-0.2, 0) is 0 Å². The lowest BCUT2D eigenvalue weighted by molar-refractivity contribution is 0.430. The van der Waals surface area contributed by atoms with Crippen molar-refractivity contribution in [2.24, 2.45) is 0 Å². The number of nitrogens with one attached hydrogen (secondary N) is 2. The van der Waals surface area contributed by atoms with Crippen LogP contribution in [0.2, 0.25) is 0 Å². The second-order valence-electron chi connectivity index (χ2n) is 3.12. The maximum absolute atomic E-state index is 3.47. The number of halogens is 2. The van der Waals surface area contributed by atoms with E-state index in [0.717, 1.165) is 19.6 Å². The van der Waals surface area contributed by atoms with E-state index in [9.17, 15) is 0 Å². The van der Waals surface area contributed by atoms with Gasteiger partial charge in [0.05, 0.1) is 0 Å². The highest BCUT2D eigenvalue weighted by atomic mass is 35.5. The Morgan fingerprint density at radius 3 is 2.29 bits per heavy atom. The summed E-state index contributed by atoms with van der Waals surface area (Å²) in [6, 6.07) is 11.1. The molecular weight excluding hydrogens is 219 g/mol. The number of hydrogen-bond donors (Lipinski definition) is 2. The Labute approximate surface area is 97.3 Å². The Kier molecular flexibility index (Phi) is 6.93. The predicted octanol–water partition coefficient (Wildman–Crippen LogP) is 1.76. The first kappa shape index (κ1) is 13.7. The van der Waals surface area contributed by atoms with Gasteiger partial charge in [0.15, 0.2) is 0 Å². The SMILES string of the molecule is Cl.Cl.c1ccc([C@@H]2CNCCN2)cc1. The molecular formula is C10H16Cl2N2. The molecule has 0 saturated carbocycles. The summed E-state index contributed by atoms with van der Waals surface area (Å²) >= 11 is 0. The number of hydrogen-bond acceptors (Lipinski definition) is 2. The van der Waals surface area contributed by atoms with E-state index in [1.807, 2.05) is 0 Å². The van der Waals surface area contributed by atoms with Crippen LogP contribution >= 0.6 is 24.8 Å². The molecule has 0 aromatic heterocycles. The van der Waals surface area contributed by atoms with Gasteiger partial charge in [-0.05, 0) is 5.56 Å². The van der Waals surface area contributed by atoms with Crippen LogP contribution in [0, 0.1) is 0 Å². The standard InChI is InChI=1S/C10H14N2.2ClH/c1-2-4-9(5-3-1)10-8-11-6-7-12-10;;/h1-5,10-12H,6-8H2;2*1H/t10-;;/m0../s1. The maximum atomic E-state index is 3.47. The van der Waals surface area contributed by atoms with Crippen molar-refractivity contribution in [1.29, 1.82) is 0 Å². The molecule has 0 bridgehead atoms. The third-order valence-corrected chi connectivity index (χ3v) is 2.24. The van der Waals surface area contributed by atoms with Crippen LogP contribution in [-0.4, -0.2) is 19.6 Å². The number of benzene rings is 1. The van der Waals surface area contributed by atoms with Gasteiger partial charge in [-0.3, -0.25) is 0 Å². The van der Waals surface area contributed by atoms with Crippen molar-refractivity contribution in [3.63, 3.8) is 0 Å². The molecule has 1 aliphatic rings. The van der Waals surface area contributed by atoms with Crippen LogP contribution < -0.4 is 10.6 Å². The minimum absolute atomic E-state index is 0. The Hall–Kier alpha value is -0.280. The van der Waals surface area contributed by atoms with Gasteiger partial charge in [-0.15, -0.1) is 24.8 Å². The Morgan fingerprint density at radius 2 is 1.71 bits per heavy atom. The molecule has 1 heterocycles. The molecule has 0 aliphatic carbocycles. The van der Waals surface area contributed by atoms with E-state index in [2.05, 4.69) is 41.0 Å². The lowest BCUT2D eigenvalue weighted by atomic mass is 10.1. The first-order valence-corrected chi connectivity index (χ1v) is 4.46. The Bertz CT molecular complexity index is 235. The van der Waals surface area contributed by atoms with Crippen LogP contribution in [0.15, 0.2) is 30.3 Å². The summed E-state index contributed by atoms with van der Waals surface area (Å²) in [6.07, 6.45) is 0. The minimum Gasteiger partial charge on any atom is -0.314 e. The Balaban J connectivity index is 0.000000845. The second kappa shape index (κ2) is 7.07. The van der Waals surface area contributed by atoms with Crippen molar-refractivity contribution in [3.8, 4) is 0 Å². The van der Waals surface area contributed by atoms with E-state index in [1.54, 1.807) is 0 Å². The molecule has 2 N–H and O–H groups in total. The highest BCUT2D eigenvalue weighted by molar-refractivity contribution is 5.85. The average Bonchev–Trinajstić information content (AvgIpc) is 2.21. The fourth-order valence-electron chi connectivity index (χ4n) is 1.57. The summed E-state index contributed by atoms with van der Waals surface area (Å²) in [5, 5.41) is 6.84. The van der Waals surface area contributed by atoms with Crippen LogP contribution in [0.1, 0.15) is 11.6 Å². The third-order valence-electron chi connectivity index (χ3n) is 2.24. The van der Waals surface area contributed by atoms with Crippen LogP contribution in [0.3, 0.4) is 0 Å². The molecule has 14 heavy (non-hydrogen) atoms. The molecule has 1 aromatic carbocycles. The zero-order chi connectivity index (χ0) is 8.23. The fraction of sp³-hybridized carbons (Fsp3) is 0.400. The molecule has 1 aromatic rings. The molecule has 2 nitrogen and oxygen atoms in total. The van der Waals surface area contributed by atoms with Gasteiger partial charge in [-0.1, -0.05) is 30.3 Å². The summed E-state index contributed by atoms with van der Waals surface area (Å²) in [4.78, 5) is 0. The average molecular weight is 235 g/mol. The van der Waals surface area contributed by atoms with E-state index in [4.69, 9.17) is 0 Å². The summed E-state index contributed by atoms with van der Waals surface area (Å²) in [6.45, 7) is 3.20. The van der Waals surface area contributed by atoms with Crippen molar-refractivity contribution >= 4 is 24.8 Å². The highest BCUT2D eigenvalue weighted by Gasteiger charge is 2.12. The van der Waals surface area contributed by atoms with Gasteiger partial charge in [0, 0.05) is 25.7 Å². The van der Waals surface area contributed by atoms with Crippen molar-refractivity contribution in [3.05, 3.63) is 35.9 Å². The van der Waals surface area contributed by atoms with Crippen LogP contribution in [0.5, 0.6) is 0 Å². The predicted molar refractivity (Wildman–Crippen MR) is 64.6 cm³/mol. The molecule has 4 heteroatoms. The molecule has 80 valence electrons. The van der Waals surface area contributed by atoms with Gasteiger partial charge < -0.3 is 10.6 Å². The molecule has 1 atom stereocenters. The number of rotatable bonds is 1. The summed E-state index contributed by atoms with van der Waals surface area (Å²) in [5.74, 6) is 0. The normalized spacial score (nSPS) is 20.4. The van der Waals surface area contributed by atoms with Crippen LogP contribution in [0.4, 0.5) is 0 Å². The molecule has 1 saturated heterocycles. The molecule has 0 unspecified atom stereocenters. The van der Waals surface area contributed by atoms with Gasteiger partial charge in [-0.2, -0.15) is 0 Å². The molecule has 2 rings (SSSR count). The van der Waals surface area contributed by atoms with E-state index >= 15 is 0 Å². The quantitative estimate of drug-likeness (QED) is 0.775. The highest BCUT2D eigenvalue weighted by Crippen LogP contribution is 2.12. The zero-order valence-corrected chi connectivity index (χ0v) is 9.53. The van der Waals surface area contributed by atoms with Crippen molar-refractivity contribution in [2.75, 3.05) is 19.6 Å². The minimum atomic E-state index is 0. The number of piperazine rings is 1. The first-order chi connectivity index (χ1) is 5.97. The largest absolute Gasteiger partial charge is 0.314 e. The fourth-order valence-corrected chi connectivity index (χ4v) is 1.57.